The molecule has 0 aliphatic carbocycles. The molecule has 0 aromatic rings. The minimum absolute atomic E-state index is 0.0649. The number of unbranched alkanes of at least 4 members (excludes halogenated alkanes) is 12. The fraction of sp³-hybridized carbons (Fsp3) is 0.952. The van der Waals surface area contributed by atoms with Crippen molar-refractivity contribution in [1.82, 2.24) is 0 Å². The Hall–Kier alpha value is -0.530. The molecule has 0 aromatic heterocycles. The normalized spacial score (nSPS) is 11.1. The maximum atomic E-state index is 11.0. The third kappa shape index (κ3) is 19.4. The van der Waals surface area contributed by atoms with E-state index in [2.05, 4.69) is 13.8 Å². The summed E-state index contributed by atoms with van der Waals surface area (Å²) in [4.78, 5) is 11.0. The predicted molar refractivity (Wildman–Crippen MR) is 101 cm³/mol. The first-order chi connectivity index (χ1) is 11.2. The lowest BCUT2D eigenvalue weighted by Crippen LogP contribution is -2.03. The number of ether oxygens (including phenoxy) is 1. The largest absolute Gasteiger partial charge is 0.466 e. The third-order valence-corrected chi connectivity index (χ3v) is 4.48. The van der Waals surface area contributed by atoms with Gasteiger partial charge in [0.25, 0.3) is 0 Å². The fourth-order valence-corrected chi connectivity index (χ4v) is 2.89. The molecule has 0 saturated heterocycles. The SMILES string of the molecule is CCC(=O)OCCCCCCCCCCCCCCCC(C)C. The Morgan fingerprint density at radius 2 is 1.09 bits per heavy atom. The molecule has 0 spiro atoms. The molecule has 0 aromatic carbocycles. The maximum Gasteiger partial charge on any atom is 0.305 e. The predicted octanol–water partition coefficient (Wildman–Crippen LogP) is 7.06. The molecule has 0 saturated carbocycles. The van der Waals surface area contributed by atoms with Crippen molar-refractivity contribution in [3.63, 3.8) is 0 Å². The molecule has 0 aliphatic heterocycles. The summed E-state index contributed by atoms with van der Waals surface area (Å²) in [6.45, 7) is 7.10. The van der Waals surface area contributed by atoms with E-state index in [1.165, 1.54) is 83.5 Å². The van der Waals surface area contributed by atoms with Crippen molar-refractivity contribution in [3.05, 3.63) is 0 Å². The van der Waals surface area contributed by atoms with Crippen molar-refractivity contribution in [3.8, 4) is 0 Å². The lowest BCUT2D eigenvalue weighted by atomic mass is 10.0. The molecule has 0 unspecified atom stereocenters. The summed E-state index contributed by atoms with van der Waals surface area (Å²) in [7, 11) is 0. The van der Waals surface area contributed by atoms with Gasteiger partial charge in [0.1, 0.15) is 0 Å². The van der Waals surface area contributed by atoms with E-state index in [9.17, 15) is 4.79 Å². The molecular weight excluding hydrogens is 284 g/mol. The van der Waals surface area contributed by atoms with Crippen LogP contribution in [0.4, 0.5) is 0 Å². The minimum Gasteiger partial charge on any atom is -0.466 e. The van der Waals surface area contributed by atoms with E-state index in [0.717, 1.165) is 12.3 Å². The van der Waals surface area contributed by atoms with Crippen LogP contribution in [-0.4, -0.2) is 12.6 Å². The quantitative estimate of drug-likeness (QED) is 0.211. The lowest BCUT2D eigenvalue weighted by Gasteiger charge is -2.05. The first kappa shape index (κ1) is 22.5. The van der Waals surface area contributed by atoms with Gasteiger partial charge in [0.15, 0.2) is 0 Å². The highest BCUT2D eigenvalue weighted by molar-refractivity contribution is 5.68. The standard InChI is InChI=1S/C21H42O2/c1-4-21(22)23-19-17-15-13-11-9-7-5-6-8-10-12-14-16-18-20(2)3/h20H,4-19H2,1-3H3. The molecule has 0 atom stereocenters. The second-order valence-corrected chi connectivity index (χ2v) is 7.35. The van der Waals surface area contributed by atoms with Crippen LogP contribution >= 0.6 is 0 Å². The van der Waals surface area contributed by atoms with Crippen molar-refractivity contribution in [2.75, 3.05) is 6.61 Å². The molecule has 0 bridgehead atoms. The van der Waals surface area contributed by atoms with Crippen LogP contribution in [0.15, 0.2) is 0 Å². The molecule has 138 valence electrons. The zero-order chi connectivity index (χ0) is 17.2. The van der Waals surface area contributed by atoms with E-state index in [-0.39, 0.29) is 5.97 Å². The topological polar surface area (TPSA) is 26.3 Å². The maximum absolute atomic E-state index is 11.0. The molecule has 0 fully saturated rings. The molecule has 0 radical (unpaired) electrons. The van der Waals surface area contributed by atoms with Gasteiger partial charge in [-0.2, -0.15) is 0 Å². The molecule has 0 N–H and O–H groups in total. The van der Waals surface area contributed by atoms with E-state index >= 15 is 0 Å². The van der Waals surface area contributed by atoms with Crippen LogP contribution in [0.1, 0.15) is 117 Å². The van der Waals surface area contributed by atoms with Crippen molar-refractivity contribution >= 4 is 5.97 Å². The Morgan fingerprint density at radius 3 is 1.48 bits per heavy atom. The summed E-state index contributed by atoms with van der Waals surface area (Å²) in [5.41, 5.74) is 0. The van der Waals surface area contributed by atoms with E-state index in [1.54, 1.807) is 0 Å². The minimum atomic E-state index is -0.0649. The number of hydrogen-bond donors (Lipinski definition) is 0. The van der Waals surface area contributed by atoms with Crippen LogP contribution < -0.4 is 0 Å². The number of esters is 1. The summed E-state index contributed by atoms with van der Waals surface area (Å²) in [5, 5.41) is 0. The van der Waals surface area contributed by atoms with E-state index in [4.69, 9.17) is 4.74 Å². The summed E-state index contributed by atoms with van der Waals surface area (Å²) in [6, 6.07) is 0. The highest BCUT2D eigenvalue weighted by Crippen LogP contribution is 2.14. The number of carbonyl (C=O) groups excluding carboxylic acids is 1. The highest BCUT2D eigenvalue weighted by atomic mass is 16.5. The molecule has 23 heavy (non-hydrogen) atoms. The summed E-state index contributed by atoms with van der Waals surface area (Å²) >= 11 is 0. The van der Waals surface area contributed by atoms with Crippen LogP contribution in [0.3, 0.4) is 0 Å². The summed E-state index contributed by atoms with van der Waals surface area (Å²) in [6.07, 6.45) is 19.6. The van der Waals surface area contributed by atoms with Crippen LogP contribution in [0.25, 0.3) is 0 Å². The second kappa shape index (κ2) is 17.8. The Labute approximate surface area is 145 Å². The van der Waals surface area contributed by atoms with Gasteiger partial charge in [-0.15, -0.1) is 0 Å². The van der Waals surface area contributed by atoms with Gasteiger partial charge in [-0.3, -0.25) is 4.79 Å². The molecule has 2 heteroatoms. The average molecular weight is 327 g/mol. The van der Waals surface area contributed by atoms with Crippen molar-refractivity contribution in [2.45, 2.75) is 117 Å². The van der Waals surface area contributed by atoms with Gasteiger partial charge in [0.2, 0.25) is 0 Å². The van der Waals surface area contributed by atoms with E-state index in [0.29, 0.717) is 13.0 Å². The van der Waals surface area contributed by atoms with Gasteiger partial charge >= 0.3 is 5.97 Å². The van der Waals surface area contributed by atoms with E-state index < -0.39 is 0 Å². The first-order valence-electron chi connectivity index (χ1n) is 10.3. The summed E-state index contributed by atoms with van der Waals surface area (Å²) in [5.74, 6) is 0.811. The Balaban J connectivity index is 3.01. The van der Waals surface area contributed by atoms with Gasteiger partial charge in [-0.25, -0.2) is 0 Å². The zero-order valence-electron chi connectivity index (χ0n) is 16.2. The van der Waals surface area contributed by atoms with Crippen LogP contribution in [0.5, 0.6) is 0 Å². The van der Waals surface area contributed by atoms with Crippen molar-refractivity contribution < 1.29 is 9.53 Å². The zero-order valence-corrected chi connectivity index (χ0v) is 16.2. The molecule has 0 heterocycles. The molecule has 2 nitrogen and oxygen atoms in total. The molecule has 0 amide bonds. The van der Waals surface area contributed by atoms with Gasteiger partial charge < -0.3 is 4.74 Å². The summed E-state index contributed by atoms with van der Waals surface area (Å²) < 4.78 is 5.07. The Morgan fingerprint density at radius 1 is 0.696 bits per heavy atom. The van der Waals surface area contributed by atoms with Gasteiger partial charge in [0, 0.05) is 6.42 Å². The molecule has 0 aliphatic rings. The fourth-order valence-electron chi connectivity index (χ4n) is 2.89. The number of carbonyl (C=O) groups is 1. The Kier molecular flexibility index (Phi) is 17.4. The van der Waals surface area contributed by atoms with Gasteiger partial charge in [0.05, 0.1) is 6.61 Å². The smallest absolute Gasteiger partial charge is 0.305 e. The van der Waals surface area contributed by atoms with Crippen LogP contribution in [0, 0.1) is 5.92 Å². The van der Waals surface area contributed by atoms with E-state index in [1.807, 2.05) is 6.92 Å². The van der Waals surface area contributed by atoms with Crippen molar-refractivity contribution in [1.29, 1.82) is 0 Å². The van der Waals surface area contributed by atoms with Gasteiger partial charge in [-0.05, 0) is 12.3 Å². The Bertz CT molecular complexity index is 248. The average Bonchev–Trinajstić information content (AvgIpc) is 2.53. The highest BCUT2D eigenvalue weighted by Gasteiger charge is 1.98. The third-order valence-electron chi connectivity index (χ3n) is 4.48. The number of rotatable bonds is 17. The van der Waals surface area contributed by atoms with Crippen LogP contribution in [0.2, 0.25) is 0 Å². The lowest BCUT2D eigenvalue weighted by molar-refractivity contribution is -0.143. The van der Waals surface area contributed by atoms with Crippen molar-refractivity contribution in [2.24, 2.45) is 5.92 Å². The van der Waals surface area contributed by atoms with Gasteiger partial charge in [-0.1, -0.05) is 104 Å². The first-order valence-corrected chi connectivity index (χ1v) is 10.3. The molecular formula is C21H42O2. The number of hydrogen-bond acceptors (Lipinski definition) is 2. The van der Waals surface area contributed by atoms with Crippen LogP contribution in [-0.2, 0) is 9.53 Å². The molecule has 0 rings (SSSR count). The monoisotopic (exact) mass is 326 g/mol. The second-order valence-electron chi connectivity index (χ2n) is 7.35.